The molecule has 0 aromatic heterocycles. The van der Waals surface area contributed by atoms with E-state index in [1.807, 2.05) is 0 Å². The van der Waals surface area contributed by atoms with Crippen molar-refractivity contribution in [1.82, 2.24) is 0 Å². The predicted molar refractivity (Wildman–Crippen MR) is 44.4 cm³/mol. The summed E-state index contributed by atoms with van der Waals surface area (Å²) >= 11 is 0. The molecule has 0 bridgehead atoms. The number of ether oxygens (including phenoxy) is 1. The van der Waals surface area contributed by atoms with Crippen LogP contribution in [0, 0.1) is 5.41 Å². The van der Waals surface area contributed by atoms with Crippen molar-refractivity contribution in [3.8, 4) is 0 Å². The van der Waals surface area contributed by atoms with E-state index in [0.29, 0.717) is 0 Å². The van der Waals surface area contributed by atoms with Crippen molar-refractivity contribution in [2.75, 3.05) is 19.8 Å². The van der Waals surface area contributed by atoms with Gasteiger partial charge >= 0.3 is 0 Å². The van der Waals surface area contributed by atoms with Gasteiger partial charge in [-0.25, -0.2) is 0 Å². The highest BCUT2D eigenvalue weighted by atomic mass is 16.5. The Morgan fingerprint density at radius 2 is 1.75 bits per heavy atom. The summed E-state index contributed by atoms with van der Waals surface area (Å²) in [5.74, 6) is 0. The second-order valence-corrected chi connectivity index (χ2v) is 2.78. The van der Waals surface area contributed by atoms with E-state index in [1.165, 1.54) is 6.26 Å². The van der Waals surface area contributed by atoms with E-state index in [-0.39, 0.29) is 19.8 Å². The van der Waals surface area contributed by atoms with E-state index < -0.39 is 11.5 Å². The van der Waals surface area contributed by atoms with Crippen LogP contribution in [0.1, 0.15) is 6.92 Å². The first-order chi connectivity index (χ1) is 5.66. The molecule has 0 aliphatic heterocycles. The number of rotatable bonds is 6. The van der Waals surface area contributed by atoms with Crippen molar-refractivity contribution < 1.29 is 20.1 Å². The first-order valence-electron chi connectivity index (χ1n) is 3.76. The van der Waals surface area contributed by atoms with E-state index in [9.17, 15) is 0 Å². The summed E-state index contributed by atoms with van der Waals surface area (Å²) in [5, 5.41) is 26.8. The summed E-state index contributed by atoms with van der Waals surface area (Å²) in [5.41, 5.74) is -0.992. The quantitative estimate of drug-likeness (QED) is 0.477. The zero-order valence-electron chi connectivity index (χ0n) is 7.23. The van der Waals surface area contributed by atoms with Crippen LogP contribution in [0.4, 0.5) is 0 Å². The average molecular weight is 176 g/mol. The van der Waals surface area contributed by atoms with Gasteiger partial charge in [-0.15, -0.1) is 0 Å². The maximum absolute atomic E-state index is 8.94. The van der Waals surface area contributed by atoms with Gasteiger partial charge in [0, 0.05) is 0 Å². The molecule has 0 spiro atoms. The predicted octanol–water partition coefficient (Wildman–Crippen LogP) is -0.502. The highest BCUT2D eigenvalue weighted by Gasteiger charge is 2.35. The minimum atomic E-state index is -0.992. The third kappa shape index (κ3) is 2.20. The average Bonchev–Trinajstić information content (AvgIpc) is 2.09. The van der Waals surface area contributed by atoms with Crippen molar-refractivity contribution in [2.45, 2.75) is 13.0 Å². The standard InChI is InChI=1S/C8H16O4/c1-3-12-7(2)8(4-9,5-10)6-11/h3,7,9-11H,1,4-6H2,2H3. The minimum absolute atomic E-state index is 0.324. The monoisotopic (exact) mass is 176 g/mol. The molecule has 3 N–H and O–H groups in total. The largest absolute Gasteiger partial charge is 0.498 e. The lowest BCUT2D eigenvalue weighted by atomic mass is 9.85. The lowest BCUT2D eigenvalue weighted by Gasteiger charge is -2.32. The lowest BCUT2D eigenvalue weighted by Crippen LogP contribution is -2.44. The number of aliphatic hydroxyl groups is 3. The van der Waals surface area contributed by atoms with E-state index in [4.69, 9.17) is 20.1 Å². The van der Waals surface area contributed by atoms with Crippen LogP contribution in [0.15, 0.2) is 12.8 Å². The molecule has 0 saturated heterocycles. The Kier molecular flexibility index (Phi) is 4.89. The summed E-state index contributed by atoms with van der Waals surface area (Å²) in [7, 11) is 0. The smallest absolute Gasteiger partial charge is 0.107 e. The van der Waals surface area contributed by atoms with Crippen molar-refractivity contribution in [1.29, 1.82) is 0 Å². The molecule has 12 heavy (non-hydrogen) atoms. The van der Waals surface area contributed by atoms with Gasteiger partial charge < -0.3 is 20.1 Å². The van der Waals surface area contributed by atoms with E-state index in [2.05, 4.69) is 6.58 Å². The lowest BCUT2D eigenvalue weighted by molar-refractivity contribution is -0.0796. The normalized spacial score (nSPS) is 14.0. The fourth-order valence-electron chi connectivity index (χ4n) is 0.824. The second-order valence-electron chi connectivity index (χ2n) is 2.78. The molecule has 0 amide bonds. The fourth-order valence-corrected chi connectivity index (χ4v) is 0.824. The van der Waals surface area contributed by atoms with Crippen molar-refractivity contribution >= 4 is 0 Å². The van der Waals surface area contributed by atoms with Gasteiger partial charge in [-0.3, -0.25) is 0 Å². The molecule has 1 atom stereocenters. The summed E-state index contributed by atoms with van der Waals surface area (Å²) in [6.45, 7) is 4.03. The molecule has 4 heteroatoms. The highest BCUT2D eigenvalue weighted by Crippen LogP contribution is 2.22. The summed E-state index contributed by atoms with van der Waals surface area (Å²) in [6, 6.07) is 0. The van der Waals surface area contributed by atoms with Gasteiger partial charge in [0.05, 0.1) is 31.5 Å². The van der Waals surface area contributed by atoms with E-state index in [0.717, 1.165) is 0 Å². The topological polar surface area (TPSA) is 69.9 Å². The Hall–Kier alpha value is -0.580. The molecule has 0 heterocycles. The Morgan fingerprint density at radius 3 is 2.00 bits per heavy atom. The first kappa shape index (κ1) is 11.4. The van der Waals surface area contributed by atoms with Crippen LogP contribution in [0.3, 0.4) is 0 Å². The fraction of sp³-hybridized carbons (Fsp3) is 0.750. The Labute approximate surface area is 72.1 Å². The van der Waals surface area contributed by atoms with Gasteiger partial charge in [0.15, 0.2) is 0 Å². The first-order valence-corrected chi connectivity index (χ1v) is 3.76. The Bertz CT molecular complexity index is 123. The molecule has 0 aliphatic rings. The van der Waals surface area contributed by atoms with Gasteiger partial charge in [0.25, 0.3) is 0 Å². The number of hydrogen-bond donors (Lipinski definition) is 3. The Morgan fingerprint density at radius 1 is 1.33 bits per heavy atom. The number of aliphatic hydroxyl groups excluding tert-OH is 3. The van der Waals surface area contributed by atoms with Gasteiger partial charge in [-0.05, 0) is 6.92 Å². The molecule has 0 aromatic carbocycles. The van der Waals surface area contributed by atoms with Crippen LogP contribution in [0.25, 0.3) is 0 Å². The second kappa shape index (κ2) is 5.13. The molecular weight excluding hydrogens is 160 g/mol. The van der Waals surface area contributed by atoms with E-state index >= 15 is 0 Å². The highest BCUT2D eigenvalue weighted by molar-refractivity contribution is 4.84. The van der Waals surface area contributed by atoms with Crippen LogP contribution >= 0.6 is 0 Å². The van der Waals surface area contributed by atoms with E-state index in [1.54, 1.807) is 6.92 Å². The summed E-state index contributed by atoms with van der Waals surface area (Å²) < 4.78 is 4.96. The van der Waals surface area contributed by atoms with Crippen LogP contribution in [-0.2, 0) is 4.74 Å². The minimum Gasteiger partial charge on any atom is -0.498 e. The van der Waals surface area contributed by atoms with Crippen LogP contribution in [0.5, 0.6) is 0 Å². The molecule has 0 aromatic rings. The molecule has 72 valence electrons. The molecule has 1 unspecified atom stereocenters. The molecule has 0 fully saturated rings. The van der Waals surface area contributed by atoms with Gasteiger partial charge in [-0.1, -0.05) is 6.58 Å². The summed E-state index contributed by atoms with van der Waals surface area (Å²) in [6.07, 6.45) is 0.760. The third-order valence-corrected chi connectivity index (χ3v) is 2.11. The van der Waals surface area contributed by atoms with Gasteiger partial charge in [-0.2, -0.15) is 0 Å². The SMILES string of the molecule is C=COC(C)C(CO)(CO)CO. The Balaban J connectivity index is 4.34. The maximum Gasteiger partial charge on any atom is 0.107 e. The van der Waals surface area contributed by atoms with Gasteiger partial charge in [0.2, 0.25) is 0 Å². The van der Waals surface area contributed by atoms with Crippen LogP contribution in [-0.4, -0.2) is 41.2 Å². The zero-order valence-corrected chi connectivity index (χ0v) is 7.23. The van der Waals surface area contributed by atoms with Crippen molar-refractivity contribution in [2.24, 2.45) is 5.41 Å². The number of hydrogen-bond acceptors (Lipinski definition) is 4. The van der Waals surface area contributed by atoms with Crippen molar-refractivity contribution in [3.05, 3.63) is 12.8 Å². The van der Waals surface area contributed by atoms with Crippen LogP contribution < -0.4 is 0 Å². The van der Waals surface area contributed by atoms with Crippen molar-refractivity contribution in [3.63, 3.8) is 0 Å². The molecule has 0 radical (unpaired) electrons. The summed E-state index contributed by atoms with van der Waals surface area (Å²) in [4.78, 5) is 0. The molecule has 0 aliphatic carbocycles. The third-order valence-electron chi connectivity index (χ3n) is 2.11. The van der Waals surface area contributed by atoms with Crippen LogP contribution in [0.2, 0.25) is 0 Å². The molecule has 0 saturated carbocycles. The maximum atomic E-state index is 8.94. The van der Waals surface area contributed by atoms with Gasteiger partial charge in [0.1, 0.15) is 6.10 Å². The molecule has 0 rings (SSSR count). The molecule has 4 nitrogen and oxygen atoms in total. The molecular formula is C8H16O4. The zero-order chi connectivity index (χ0) is 9.61.